The number of hydrogen-bond donors (Lipinski definition) is 1. The Balaban J connectivity index is 2.21. The maximum absolute atomic E-state index is 14.1. The van der Waals surface area contributed by atoms with Crippen LogP contribution < -0.4 is 0 Å². The average Bonchev–Trinajstić information content (AvgIpc) is 2.59. The van der Waals surface area contributed by atoms with Crippen LogP contribution in [0.25, 0.3) is 0 Å². The lowest BCUT2D eigenvalue weighted by Gasteiger charge is -2.21. The zero-order chi connectivity index (χ0) is 20.2. The number of carboxylic acids is 1. The highest BCUT2D eigenvalue weighted by atomic mass is 79.9. The molecule has 0 bridgehead atoms. The van der Waals surface area contributed by atoms with Crippen LogP contribution in [0.4, 0.5) is 8.78 Å². The predicted molar refractivity (Wildman–Crippen MR) is 100 cm³/mol. The number of carboxylic acid groups (broad SMARTS) is 1. The summed E-state index contributed by atoms with van der Waals surface area (Å²) in [7, 11) is -4.29. The van der Waals surface area contributed by atoms with E-state index in [2.05, 4.69) is 15.9 Å². The molecule has 0 saturated heterocycles. The summed E-state index contributed by atoms with van der Waals surface area (Å²) in [4.78, 5) is 10.2. The van der Waals surface area contributed by atoms with E-state index in [1.165, 1.54) is 0 Å². The van der Waals surface area contributed by atoms with Crippen molar-refractivity contribution in [1.82, 2.24) is 4.31 Å². The van der Waals surface area contributed by atoms with Gasteiger partial charge in [-0.25, -0.2) is 22.0 Å². The normalized spacial score (nSPS) is 11.7. The maximum Gasteiger partial charge on any atom is 0.338 e. The van der Waals surface area contributed by atoms with Crippen molar-refractivity contribution in [2.45, 2.75) is 24.7 Å². The minimum absolute atomic E-state index is 0.0713. The molecule has 0 fully saturated rings. The number of sulfonamides is 1. The summed E-state index contributed by atoms with van der Waals surface area (Å²) in [6.45, 7) is 1.78. The number of halogens is 3. The highest BCUT2D eigenvalue weighted by Crippen LogP contribution is 2.23. The number of hydrogen-bond acceptors (Lipinski definition) is 3. The Morgan fingerprint density at radius 3 is 2.33 bits per heavy atom. The Hall–Kier alpha value is -1.84. The second kappa shape index (κ2) is 8.90. The largest absolute Gasteiger partial charge is 0.478 e. The van der Waals surface area contributed by atoms with Crippen molar-refractivity contribution in [2.75, 3.05) is 13.1 Å². The fourth-order valence-electron chi connectivity index (χ4n) is 2.59. The first kappa shape index (κ1) is 21.5. The number of nitrogens with zero attached hydrogens (tertiary/aromatic N) is 1. The summed E-state index contributed by atoms with van der Waals surface area (Å²) in [6.07, 6.45) is 1.11. The van der Waals surface area contributed by atoms with E-state index < -0.39 is 38.1 Å². The van der Waals surface area contributed by atoms with Crippen molar-refractivity contribution in [3.8, 4) is 0 Å². The molecule has 9 heteroatoms. The molecule has 2 aromatic rings. The summed E-state index contributed by atoms with van der Waals surface area (Å²) < 4.78 is 55.0. The third-order valence-electron chi connectivity index (χ3n) is 4.01. The Bertz CT molecular complexity index is 933. The van der Waals surface area contributed by atoms with Crippen molar-refractivity contribution < 1.29 is 27.1 Å². The van der Waals surface area contributed by atoms with Crippen molar-refractivity contribution in [3.05, 3.63) is 63.6 Å². The van der Waals surface area contributed by atoms with E-state index in [9.17, 15) is 22.0 Å². The molecule has 5 nitrogen and oxygen atoms in total. The van der Waals surface area contributed by atoms with E-state index in [0.29, 0.717) is 18.9 Å². The molecule has 0 radical (unpaired) electrons. The Morgan fingerprint density at radius 2 is 1.78 bits per heavy atom. The molecule has 0 unspecified atom stereocenters. The molecule has 0 aliphatic heterocycles. The topological polar surface area (TPSA) is 74.7 Å². The maximum atomic E-state index is 14.1. The van der Waals surface area contributed by atoms with E-state index in [1.807, 2.05) is 24.3 Å². The second-order valence-corrected chi connectivity index (χ2v) is 8.62. The lowest BCUT2D eigenvalue weighted by atomic mass is 10.1. The highest BCUT2D eigenvalue weighted by Gasteiger charge is 2.29. The fourth-order valence-corrected chi connectivity index (χ4v) is 4.41. The SMILES string of the molecule is CCN(CCCc1ccc(Br)cc1)S(=O)(=O)c1cc(C(=O)O)c(F)cc1F. The molecule has 0 spiro atoms. The molecular weight excluding hydrogens is 444 g/mol. The van der Waals surface area contributed by atoms with Gasteiger partial charge in [0.2, 0.25) is 10.0 Å². The van der Waals surface area contributed by atoms with E-state index in [1.54, 1.807) is 6.92 Å². The van der Waals surface area contributed by atoms with Crippen LogP contribution >= 0.6 is 15.9 Å². The lowest BCUT2D eigenvalue weighted by molar-refractivity contribution is 0.0691. The summed E-state index contributed by atoms with van der Waals surface area (Å²) in [5.41, 5.74) is 0.133. The van der Waals surface area contributed by atoms with E-state index in [4.69, 9.17) is 5.11 Å². The van der Waals surface area contributed by atoms with Gasteiger partial charge < -0.3 is 5.11 Å². The van der Waals surface area contributed by atoms with Crippen molar-refractivity contribution in [3.63, 3.8) is 0 Å². The summed E-state index contributed by atoms with van der Waals surface area (Å²) in [6, 6.07) is 8.39. The first-order chi connectivity index (χ1) is 12.7. The molecule has 0 aromatic heterocycles. The third kappa shape index (κ3) is 5.12. The van der Waals surface area contributed by atoms with Gasteiger partial charge in [0.05, 0.1) is 5.56 Å². The molecule has 0 saturated carbocycles. The molecule has 0 aliphatic rings. The molecule has 2 rings (SSSR count). The molecule has 0 atom stereocenters. The van der Waals surface area contributed by atoms with Crippen molar-refractivity contribution in [2.24, 2.45) is 0 Å². The standard InChI is InChI=1S/C18H18BrF2NO4S/c1-2-22(9-3-4-12-5-7-13(19)8-6-12)27(25,26)17-10-14(18(23)24)15(20)11-16(17)21/h5-8,10-11H,2-4,9H2,1H3,(H,23,24). The van der Waals surface area contributed by atoms with Gasteiger partial charge in [0, 0.05) is 23.6 Å². The minimum atomic E-state index is -4.29. The van der Waals surface area contributed by atoms with Gasteiger partial charge in [-0.2, -0.15) is 4.31 Å². The van der Waals surface area contributed by atoms with Crippen LogP contribution in [-0.2, 0) is 16.4 Å². The van der Waals surface area contributed by atoms with Gasteiger partial charge in [0.1, 0.15) is 16.5 Å². The van der Waals surface area contributed by atoms with Crippen LogP contribution in [0.2, 0.25) is 0 Å². The van der Waals surface area contributed by atoms with Crippen LogP contribution in [0.1, 0.15) is 29.3 Å². The number of aromatic carboxylic acids is 1. The van der Waals surface area contributed by atoms with Gasteiger partial charge in [-0.3, -0.25) is 0 Å². The minimum Gasteiger partial charge on any atom is -0.478 e. The van der Waals surface area contributed by atoms with E-state index in [0.717, 1.165) is 14.3 Å². The lowest BCUT2D eigenvalue weighted by Crippen LogP contribution is -2.33. The van der Waals surface area contributed by atoms with E-state index in [-0.39, 0.29) is 19.2 Å². The van der Waals surface area contributed by atoms with Crippen molar-refractivity contribution in [1.29, 1.82) is 0 Å². The van der Waals surface area contributed by atoms with Gasteiger partial charge in [-0.15, -0.1) is 0 Å². The van der Waals surface area contributed by atoms with Crippen LogP contribution in [0.15, 0.2) is 45.8 Å². The second-order valence-electron chi connectivity index (χ2n) is 5.79. The smallest absolute Gasteiger partial charge is 0.338 e. The van der Waals surface area contributed by atoms with Crippen LogP contribution in [0, 0.1) is 11.6 Å². The number of benzene rings is 2. The number of carbonyl (C=O) groups is 1. The van der Waals surface area contributed by atoms with Crippen LogP contribution in [-0.4, -0.2) is 36.9 Å². The van der Waals surface area contributed by atoms with Gasteiger partial charge in [0.25, 0.3) is 0 Å². The summed E-state index contributed by atoms with van der Waals surface area (Å²) in [5.74, 6) is -4.30. The summed E-state index contributed by atoms with van der Waals surface area (Å²) in [5, 5.41) is 8.96. The van der Waals surface area contributed by atoms with Gasteiger partial charge >= 0.3 is 5.97 Å². The first-order valence-electron chi connectivity index (χ1n) is 8.13. The fraction of sp³-hybridized carbons (Fsp3) is 0.278. The number of aryl methyl sites for hydroxylation is 1. The van der Waals surface area contributed by atoms with Gasteiger partial charge in [0.15, 0.2) is 0 Å². The molecule has 2 aromatic carbocycles. The molecule has 0 aliphatic carbocycles. The molecule has 1 N–H and O–H groups in total. The molecule has 27 heavy (non-hydrogen) atoms. The first-order valence-corrected chi connectivity index (χ1v) is 10.4. The van der Waals surface area contributed by atoms with E-state index >= 15 is 0 Å². The highest BCUT2D eigenvalue weighted by molar-refractivity contribution is 9.10. The van der Waals surface area contributed by atoms with Gasteiger partial charge in [-0.05, 0) is 36.6 Å². The van der Waals surface area contributed by atoms with Crippen molar-refractivity contribution >= 4 is 31.9 Å². The van der Waals surface area contributed by atoms with Crippen LogP contribution in [0.5, 0.6) is 0 Å². The zero-order valence-corrected chi connectivity index (χ0v) is 16.9. The third-order valence-corrected chi connectivity index (χ3v) is 6.53. The van der Waals surface area contributed by atoms with Gasteiger partial charge in [-0.1, -0.05) is 35.0 Å². The number of rotatable bonds is 8. The Kier molecular flexibility index (Phi) is 7.07. The quantitative estimate of drug-likeness (QED) is 0.642. The Labute approximate surface area is 164 Å². The zero-order valence-electron chi connectivity index (χ0n) is 14.5. The summed E-state index contributed by atoms with van der Waals surface area (Å²) >= 11 is 3.34. The predicted octanol–water partition coefficient (Wildman–Crippen LogP) is 4.07. The Morgan fingerprint density at radius 1 is 1.15 bits per heavy atom. The molecular formula is C18H18BrF2NO4S. The molecule has 146 valence electrons. The monoisotopic (exact) mass is 461 g/mol. The molecule has 0 heterocycles. The average molecular weight is 462 g/mol. The molecule has 0 amide bonds. The van der Waals surface area contributed by atoms with Crippen LogP contribution in [0.3, 0.4) is 0 Å².